The van der Waals surface area contributed by atoms with E-state index in [4.69, 9.17) is 14.3 Å². The molecule has 2 aromatic carbocycles. The second kappa shape index (κ2) is 9.96. The maximum Gasteiger partial charge on any atom is 0.265 e. The van der Waals surface area contributed by atoms with Crippen LogP contribution in [0.4, 0.5) is 11.4 Å². The van der Waals surface area contributed by atoms with Crippen molar-refractivity contribution >= 4 is 28.9 Å². The highest BCUT2D eigenvalue weighted by molar-refractivity contribution is 5.99. The Bertz CT molecular complexity index is 863. The Hall–Kier alpha value is -3.55. The normalized spacial score (nSPS) is 10.8. The molecule has 0 aromatic heterocycles. The molecule has 0 unspecified atom stereocenters. The molecule has 0 heterocycles. The Morgan fingerprint density at radius 1 is 0.964 bits per heavy atom. The zero-order valence-electron chi connectivity index (χ0n) is 16.2. The van der Waals surface area contributed by atoms with E-state index in [1.165, 1.54) is 14.0 Å². The van der Waals surface area contributed by atoms with Crippen LogP contribution in [-0.4, -0.2) is 38.4 Å². The van der Waals surface area contributed by atoms with Crippen molar-refractivity contribution in [1.29, 1.82) is 0 Å². The van der Waals surface area contributed by atoms with Gasteiger partial charge >= 0.3 is 0 Å². The molecule has 2 N–H and O–H groups in total. The summed E-state index contributed by atoms with van der Waals surface area (Å²) in [5.41, 5.74) is 2.61. The van der Waals surface area contributed by atoms with Crippen molar-refractivity contribution in [3.05, 3.63) is 48.0 Å². The molecule has 8 heteroatoms. The average molecular weight is 385 g/mol. The summed E-state index contributed by atoms with van der Waals surface area (Å²) in [6.45, 7) is 2.95. The van der Waals surface area contributed by atoms with E-state index < -0.39 is 0 Å². The van der Waals surface area contributed by atoms with Gasteiger partial charge in [-0.25, -0.2) is 0 Å². The predicted octanol–water partition coefficient (Wildman–Crippen LogP) is 3.04. The van der Waals surface area contributed by atoms with Crippen LogP contribution >= 0.6 is 0 Å². The van der Waals surface area contributed by atoms with Crippen LogP contribution in [0.15, 0.2) is 47.6 Å². The molecular formula is C20H23N3O5. The Morgan fingerprint density at radius 2 is 1.68 bits per heavy atom. The monoisotopic (exact) mass is 385 g/mol. The minimum absolute atomic E-state index is 0.138. The maximum atomic E-state index is 12.1. The molecule has 0 aliphatic rings. The van der Waals surface area contributed by atoms with E-state index in [9.17, 15) is 9.59 Å². The van der Waals surface area contributed by atoms with Gasteiger partial charge in [0.05, 0.1) is 25.6 Å². The summed E-state index contributed by atoms with van der Waals surface area (Å²) in [5.74, 6) is 0.587. The third kappa shape index (κ3) is 6.01. The number of nitrogens with one attached hydrogen (secondary N) is 2. The standard InChI is InChI=1S/C20H23N3O5/c1-13(15-5-7-16(8-6-15)21-14(2)24)23-28-12-20(25)22-18-10-9-17(26-3)11-19(18)27-4/h5-11H,12H2,1-4H3,(H,21,24)(H,22,25)/b23-13+. The Balaban J connectivity index is 1.91. The Labute approximate surface area is 163 Å². The SMILES string of the molecule is COc1ccc(NC(=O)CO/N=C(\C)c2ccc(NC(C)=O)cc2)c(OC)c1. The van der Waals surface area contributed by atoms with Crippen molar-refractivity contribution in [3.63, 3.8) is 0 Å². The number of anilines is 2. The van der Waals surface area contributed by atoms with Crippen LogP contribution in [-0.2, 0) is 14.4 Å². The summed E-state index contributed by atoms with van der Waals surface area (Å²) in [6.07, 6.45) is 0. The number of methoxy groups -OCH3 is 2. The smallest absolute Gasteiger partial charge is 0.265 e. The topological polar surface area (TPSA) is 98.3 Å². The molecule has 0 bridgehead atoms. The quantitative estimate of drug-likeness (QED) is 0.538. The first kappa shape index (κ1) is 20.8. The van der Waals surface area contributed by atoms with Crippen molar-refractivity contribution in [1.82, 2.24) is 0 Å². The highest BCUT2D eigenvalue weighted by atomic mass is 16.6. The second-order valence-corrected chi connectivity index (χ2v) is 5.82. The van der Waals surface area contributed by atoms with Crippen LogP contribution in [0.25, 0.3) is 0 Å². The lowest BCUT2D eigenvalue weighted by molar-refractivity contribution is -0.120. The van der Waals surface area contributed by atoms with Gasteiger partial charge in [0.25, 0.3) is 5.91 Å². The zero-order valence-corrected chi connectivity index (χ0v) is 16.2. The molecule has 0 saturated heterocycles. The number of oxime groups is 1. The number of hydrogen-bond donors (Lipinski definition) is 2. The van der Waals surface area contributed by atoms with Gasteiger partial charge in [-0.15, -0.1) is 0 Å². The third-order valence-electron chi connectivity index (χ3n) is 3.70. The first-order valence-electron chi connectivity index (χ1n) is 8.49. The molecule has 0 radical (unpaired) electrons. The van der Waals surface area contributed by atoms with E-state index in [1.54, 1.807) is 56.5 Å². The number of rotatable bonds is 8. The van der Waals surface area contributed by atoms with Gasteiger partial charge in [-0.3, -0.25) is 9.59 Å². The van der Waals surface area contributed by atoms with Gasteiger partial charge in [0.1, 0.15) is 11.5 Å². The molecular weight excluding hydrogens is 362 g/mol. The zero-order chi connectivity index (χ0) is 20.5. The molecule has 0 fully saturated rings. The first-order valence-corrected chi connectivity index (χ1v) is 8.49. The van der Waals surface area contributed by atoms with Gasteiger partial charge in [0, 0.05) is 18.7 Å². The fourth-order valence-corrected chi connectivity index (χ4v) is 2.33. The molecule has 8 nitrogen and oxygen atoms in total. The van der Waals surface area contributed by atoms with E-state index in [2.05, 4.69) is 15.8 Å². The molecule has 2 amide bonds. The molecule has 0 spiro atoms. The van der Waals surface area contributed by atoms with Crippen LogP contribution in [0, 0.1) is 0 Å². The third-order valence-corrected chi connectivity index (χ3v) is 3.70. The highest BCUT2D eigenvalue weighted by Crippen LogP contribution is 2.28. The van der Waals surface area contributed by atoms with Crippen molar-refractivity contribution in [2.45, 2.75) is 13.8 Å². The Morgan fingerprint density at radius 3 is 2.29 bits per heavy atom. The van der Waals surface area contributed by atoms with Crippen LogP contribution in [0.5, 0.6) is 11.5 Å². The van der Waals surface area contributed by atoms with E-state index in [0.717, 1.165) is 5.56 Å². The van der Waals surface area contributed by atoms with Gasteiger partial charge < -0.3 is 24.9 Å². The highest BCUT2D eigenvalue weighted by Gasteiger charge is 2.09. The molecule has 2 aromatic rings. The van der Waals surface area contributed by atoms with Crippen molar-refractivity contribution in [2.24, 2.45) is 5.16 Å². The number of benzene rings is 2. The minimum Gasteiger partial charge on any atom is -0.497 e. The van der Waals surface area contributed by atoms with Gasteiger partial charge in [-0.2, -0.15) is 0 Å². The molecule has 0 aliphatic carbocycles. The largest absolute Gasteiger partial charge is 0.497 e. The lowest BCUT2D eigenvalue weighted by atomic mass is 10.1. The molecule has 0 saturated carbocycles. The summed E-state index contributed by atoms with van der Waals surface area (Å²) in [5, 5.41) is 9.34. The summed E-state index contributed by atoms with van der Waals surface area (Å²) in [6, 6.07) is 12.2. The summed E-state index contributed by atoms with van der Waals surface area (Å²) in [7, 11) is 3.06. The summed E-state index contributed by atoms with van der Waals surface area (Å²) in [4.78, 5) is 28.2. The molecule has 2 rings (SSSR count). The maximum absolute atomic E-state index is 12.1. The van der Waals surface area contributed by atoms with E-state index in [1.807, 2.05) is 0 Å². The first-order chi connectivity index (χ1) is 13.4. The lowest BCUT2D eigenvalue weighted by Gasteiger charge is -2.11. The number of amides is 2. The number of nitrogens with zero attached hydrogens (tertiary/aromatic N) is 1. The van der Waals surface area contributed by atoms with Crippen LogP contribution in [0.3, 0.4) is 0 Å². The van der Waals surface area contributed by atoms with Gasteiger partial charge in [-0.05, 0) is 36.8 Å². The number of hydrogen-bond acceptors (Lipinski definition) is 6. The molecule has 148 valence electrons. The predicted molar refractivity (Wildman–Crippen MR) is 107 cm³/mol. The van der Waals surface area contributed by atoms with Gasteiger partial charge in [0.15, 0.2) is 6.61 Å². The van der Waals surface area contributed by atoms with E-state index >= 15 is 0 Å². The lowest BCUT2D eigenvalue weighted by Crippen LogP contribution is -2.17. The average Bonchev–Trinajstić information content (AvgIpc) is 2.68. The number of carbonyl (C=O) groups excluding carboxylic acids is 2. The van der Waals surface area contributed by atoms with Crippen LogP contribution in [0.2, 0.25) is 0 Å². The van der Waals surface area contributed by atoms with Crippen LogP contribution in [0.1, 0.15) is 19.4 Å². The summed E-state index contributed by atoms with van der Waals surface area (Å²) < 4.78 is 10.4. The second-order valence-electron chi connectivity index (χ2n) is 5.82. The van der Waals surface area contributed by atoms with E-state index in [-0.39, 0.29) is 18.4 Å². The van der Waals surface area contributed by atoms with Crippen molar-refractivity contribution in [2.75, 3.05) is 31.5 Å². The number of carbonyl (C=O) groups is 2. The molecule has 0 atom stereocenters. The summed E-state index contributed by atoms with van der Waals surface area (Å²) >= 11 is 0. The van der Waals surface area contributed by atoms with Gasteiger partial charge in [0.2, 0.25) is 5.91 Å². The van der Waals surface area contributed by atoms with E-state index in [0.29, 0.717) is 28.6 Å². The molecule has 28 heavy (non-hydrogen) atoms. The van der Waals surface area contributed by atoms with Gasteiger partial charge in [-0.1, -0.05) is 17.3 Å². The number of ether oxygens (including phenoxy) is 2. The van der Waals surface area contributed by atoms with Crippen molar-refractivity contribution < 1.29 is 23.9 Å². The minimum atomic E-state index is -0.374. The Kier molecular flexibility index (Phi) is 7.38. The molecule has 0 aliphatic heterocycles. The van der Waals surface area contributed by atoms with Crippen molar-refractivity contribution in [3.8, 4) is 11.5 Å². The fourth-order valence-electron chi connectivity index (χ4n) is 2.33. The fraction of sp³-hybridized carbons (Fsp3) is 0.250. The van der Waals surface area contributed by atoms with Crippen LogP contribution < -0.4 is 20.1 Å².